The molecule has 0 aliphatic carbocycles. The SMILES string of the molecule is Cl.Cl.Nc1cccc(-c2cnc[nH]2)c1.O. The molecule has 84 valence electrons. The zero-order valence-corrected chi connectivity index (χ0v) is 9.44. The first kappa shape index (κ1) is 16.2. The van der Waals surface area contributed by atoms with Crippen LogP contribution in [-0.2, 0) is 0 Å². The average molecular weight is 250 g/mol. The van der Waals surface area contributed by atoms with E-state index in [0.717, 1.165) is 16.9 Å². The summed E-state index contributed by atoms with van der Waals surface area (Å²) < 4.78 is 0. The van der Waals surface area contributed by atoms with Gasteiger partial charge in [-0.25, -0.2) is 4.98 Å². The fourth-order valence-electron chi connectivity index (χ4n) is 1.12. The van der Waals surface area contributed by atoms with Crippen molar-refractivity contribution < 1.29 is 5.48 Å². The van der Waals surface area contributed by atoms with E-state index in [9.17, 15) is 0 Å². The number of hydrogen-bond donors (Lipinski definition) is 2. The second-order valence-corrected chi connectivity index (χ2v) is 2.59. The smallest absolute Gasteiger partial charge is 0.0924 e. The molecular weight excluding hydrogens is 237 g/mol. The number of anilines is 1. The molecule has 0 aliphatic heterocycles. The van der Waals surface area contributed by atoms with Crippen LogP contribution in [0.2, 0.25) is 0 Å². The monoisotopic (exact) mass is 249 g/mol. The van der Waals surface area contributed by atoms with Gasteiger partial charge in [-0.2, -0.15) is 0 Å². The summed E-state index contributed by atoms with van der Waals surface area (Å²) in [4.78, 5) is 6.95. The Bertz CT molecular complexity index is 379. The van der Waals surface area contributed by atoms with E-state index in [-0.39, 0.29) is 30.3 Å². The zero-order chi connectivity index (χ0) is 8.39. The largest absolute Gasteiger partial charge is 0.412 e. The fraction of sp³-hybridized carbons (Fsp3) is 0. The molecule has 1 heterocycles. The third-order valence-electron chi connectivity index (χ3n) is 1.70. The van der Waals surface area contributed by atoms with E-state index < -0.39 is 0 Å². The Labute approximate surface area is 100 Å². The first-order chi connectivity index (χ1) is 5.86. The van der Waals surface area contributed by atoms with Crippen molar-refractivity contribution in [1.82, 2.24) is 9.97 Å². The maximum absolute atomic E-state index is 5.63. The molecule has 0 fully saturated rings. The molecule has 1 aromatic carbocycles. The van der Waals surface area contributed by atoms with Crippen LogP contribution in [-0.4, -0.2) is 15.4 Å². The van der Waals surface area contributed by atoms with Gasteiger partial charge in [0.1, 0.15) is 0 Å². The highest BCUT2D eigenvalue weighted by molar-refractivity contribution is 5.85. The van der Waals surface area contributed by atoms with Crippen LogP contribution in [0, 0.1) is 0 Å². The van der Waals surface area contributed by atoms with Crippen LogP contribution < -0.4 is 5.73 Å². The van der Waals surface area contributed by atoms with Crippen molar-refractivity contribution in [3.05, 3.63) is 36.8 Å². The molecule has 0 saturated carbocycles. The summed E-state index contributed by atoms with van der Waals surface area (Å²) in [6, 6.07) is 7.68. The van der Waals surface area contributed by atoms with Crippen LogP contribution in [0.4, 0.5) is 5.69 Å². The molecule has 0 unspecified atom stereocenters. The summed E-state index contributed by atoms with van der Waals surface area (Å²) in [6.45, 7) is 0. The van der Waals surface area contributed by atoms with E-state index in [1.807, 2.05) is 24.3 Å². The van der Waals surface area contributed by atoms with Gasteiger partial charge in [0.15, 0.2) is 0 Å². The molecule has 4 nitrogen and oxygen atoms in total. The number of nitrogens with one attached hydrogen (secondary N) is 1. The Kier molecular flexibility index (Phi) is 7.69. The molecule has 0 atom stereocenters. The highest BCUT2D eigenvalue weighted by Gasteiger charge is 1.96. The van der Waals surface area contributed by atoms with Gasteiger partial charge in [-0.15, -0.1) is 24.8 Å². The van der Waals surface area contributed by atoms with Crippen molar-refractivity contribution in [3.8, 4) is 11.3 Å². The fourth-order valence-corrected chi connectivity index (χ4v) is 1.12. The highest BCUT2D eigenvalue weighted by Crippen LogP contribution is 2.17. The number of imidazole rings is 1. The first-order valence-electron chi connectivity index (χ1n) is 3.70. The minimum absolute atomic E-state index is 0. The predicted octanol–water partition coefficient (Wildman–Crippen LogP) is 1.68. The molecule has 0 bridgehead atoms. The Morgan fingerprint density at radius 2 is 1.93 bits per heavy atom. The summed E-state index contributed by atoms with van der Waals surface area (Å²) >= 11 is 0. The molecule has 6 heteroatoms. The quantitative estimate of drug-likeness (QED) is 0.754. The first-order valence-corrected chi connectivity index (χ1v) is 3.70. The molecule has 0 spiro atoms. The van der Waals surface area contributed by atoms with E-state index in [2.05, 4.69) is 9.97 Å². The Hall–Kier alpha value is -1.23. The maximum atomic E-state index is 5.63. The van der Waals surface area contributed by atoms with Gasteiger partial charge in [-0.05, 0) is 12.1 Å². The molecule has 0 amide bonds. The number of H-pyrrole nitrogens is 1. The Morgan fingerprint density at radius 1 is 1.20 bits per heavy atom. The van der Waals surface area contributed by atoms with Gasteiger partial charge in [0.2, 0.25) is 0 Å². The average Bonchev–Trinajstić information content (AvgIpc) is 2.56. The third kappa shape index (κ3) is 3.79. The number of aromatic nitrogens is 2. The van der Waals surface area contributed by atoms with E-state index in [0.29, 0.717) is 0 Å². The van der Waals surface area contributed by atoms with Crippen molar-refractivity contribution in [2.45, 2.75) is 0 Å². The minimum Gasteiger partial charge on any atom is -0.412 e. The number of nitrogens with zero attached hydrogens (tertiary/aromatic N) is 1. The zero-order valence-electron chi connectivity index (χ0n) is 7.81. The van der Waals surface area contributed by atoms with E-state index in [4.69, 9.17) is 5.73 Å². The summed E-state index contributed by atoms with van der Waals surface area (Å²) in [6.07, 6.45) is 3.42. The van der Waals surface area contributed by atoms with Gasteiger partial charge in [0.25, 0.3) is 0 Å². The second-order valence-electron chi connectivity index (χ2n) is 2.59. The Balaban J connectivity index is 0. The molecule has 2 rings (SSSR count). The number of halogens is 2. The second kappa shape index (κ2) is 7.11. The number of rotatable bonds is 1. The van der Waals surface area contributed by atoms with Gasteiger partial charge in [0.05, 0.1) is 18.2 Å². The lowest BCUT2D eigenvalue weighted by Gasteiger charge is -1.97. The van der Waals surface area contributed by atoms with Crippen LogP contribution >= 0.6 is 24.8 Å². The lowest BCUT2D eigenvalue weighted by Crippen LogP contribution is -1.84. The molecule has 0 aliphatic rings. The number of benzene rings is 1. The highest BCUT2D eigenvalue weighted by atomic mass is 35.5. The lowest BCUT2D eigenvalue weighted by atomic mass is 10.1. The summed E-state index contributed by atoms with van der Waals surface area (Å²) in [5.74, 6) is 0. The number of aromatic amines is 1. The number of nitrogen functional groups attached to an aromatic ring is 1. The molecular formula is C9H13Cl2N3O. The van der Waals surface area contributed by atoms with Crippen LogP contribution in [0.5, 0.6) is 0 Å². The molecule has 5 N–H and O–H groups in total. The van der Waals surface area contributed by atoms with Gasteiger partial charge in [-0.1, -0.05) is 12.1 Å². The van der Waals surface area contributed by atoms with Gasteiger partial charge in [0, 0.05) is 11.3 Å². The van der Waals surface area contributed by atoms with Crippen LogP contribution in [0.15, 0.2) is 36.8 Å². The summed E-state index contributed by atoms with van der Waals surface area (Å²) in [5, 5.41) is 0. The standard InChI is InChI=1S/C9H9N3.2ClH.H2O/c10-8-3-1-2-7(4-8)9-5-11-6-12-9;;;/h1-6H,10H2,(H,11,12);2*1H;1H2. The van der Waals surface area contributed by atoms with Gasteiger partial charge < -0.3 is 16.2 Å². The van der Waals surface area contributed by atoms with Crippen molar-refractivity contribution in [2.75, 3.05) is 5.73 Å². The van der Waals surface area contributed by atoms with E-state index in [1.54, 1.807) is 12.5 Å². The van der Waals surface area contributed by atoms with Crippen LogP contribution in [0.3, 0.4) is 0 Å². The molecule has 0 saturated heterocycles. The van der Waals surface area contributed by atoms with Gasteiger partial charge >= 0.3 is 0 Å². The molecule has 0 radical (unpaired) electrons. The lowest BCUT2D eigenvalue weighted by molar-refractivity contribution is 0.824. The van der Waals surface area contributed by atoms with Crippen molar-refractivity contribution in [3.63, 3.8) is 0 Å². The third-order valence-corrected chi connectivity index (χ3v) is 1.70. The molecule has 1 aromatic heterocycles. The van der Waals surface area contributed by atoms with E-state index >= 15 is 0 Å². The molecule has 2 aromatic rings. The minimum atomic E-state index is 0. The molecule has 15 heavy (non-hydrogen) atoms. The summed E-state index contributed by atoms with van der Waals surface area (Å²) in [7, 11) is 0. The Morgan fingerprint density at radius 3 is 2.47 bits per heavy atom. The number of nitrogens with two attached hydrogens (primary N) is 1. The normalized spacial score (nSPS) is 8.00. The van der Waals surface area contributed by atoms with Crippen molar-refractivity contribution in [2.24, 2.45) is 0 Å². The van der Waals surface area contributed by atoms with Crippen LogP contribution in [0.1, 0.15) is 0 Å². The predicted molar refractivity (Wildman–Crippen MR) is 66.5 cm³/mol. The topological polar surface area (TPSA) is 86.2 Å². The van der Waals surface area contributed by atoms with Gasteiger partial charge in [-0.3, -0.25) is 0 Å². The van der Waals surface area contributed by atoms with Crippen molar-refractivity contribution >= 4 is 30.5 Å². The maximum Gasteiger partial charge on any atom is 0.0924 e. The van der Waals surface area contributed by atoms with Crippen LogP contribution in [0.25, 0.3) is 11.3 Å². The van der Waals surface area contributed by atoms with E-state index in [1.165, 1.54) is 0 Å². The summed E-state index contributed by atoms with van der Waals surface area (Å²) in [5.41, 5.74) is 8.45. The number of hydrogen-bond acceptors (Lipinski definition) is 2. The van der Waals surface area contributed by atoms with Crippen molar-refractivity contribution in [1.29, 1.82) is 0 Å².